The maximum absolute atomic E-state index is 13.7. The third-order valence-corrected chi connectivity index (χ3v) is 5.70. The van der Waals surface area contributed by atoms with Gasteiger partial charge in [-0.15, -0.1) is 11.3 Å². The van der Waals surface area contributed by atoms with Crippen LogP contribution in [0.5, 0.6) is 0 Å². The highest BCUT2D eigenvalue weighted by Gasteiger charge is 2.23. The highest BCUT2D eigenvalue weighted by Crippen LogP contribution is 2.29. The topological polar surface area (TPSA) is 72.2 Å². The summed E-state index contributed by atoms with van der Waals surface area (Å²) in [7, 11) is -3.88. The van der Waals surface area contributed by atoms with E-state index in [0.717, 1.165) is 6.07 Å². The second-order valence-corrected chi connectivity index (χ2v) is 7.12. The van der Waals surface area contributed by atoms with Crippen molar-refractivity contribution in [1.82, 2.24) is 0 Å². The largest absolute Gasteiger partial charge is 0.326 e. The molecule has 0 aliphatic carbocycles. The van der Waals surface area contributed by atoms with Crippen LogP contribution in [0.4, 0.5) is 10.1 Å². The van der Waals surface area contributed by atoms with E-state index in [1.165, 1.54) is 23.5 Å². The average Bonchev–Trinajstić information content (AvgIpc) is 2.75. The fraction of sp³-hybridized carbons (Fsp3) is 0.167. The van der Waals surface area contributed by atoms with Crippen molar-refractivity contribution in [2.45, 2.75) is 18.4 Å². The van der Waals surface area contributed by atoms with Crippen LogP contribution in [0, 0.1) is 12.7 Å². The second-order valence-electron chi connectivity index (χ2n) is 4.10. The maximum atomic E-state index is 13.7. The number of aryl methyl sites for hydroxylation is 1. The third kappa shape index (κ3) is 2.95. The summed E-state index contributed by atoms with van der Waals surface area (Å²) in [5.41, 5.74) is 5.96. The molecule has 0 spiro atoms. The molecule has 1 aromatic carbocycles. The fourth-order valence-electron chi connectivity index (χ4n) is 1.76. The molecule has 0 saturated carbocycles. The Morgan fingerprint density at radius 2 is 2.15 bits per heavy atom. The van der Waals surface area contributed by atoms with Crippen molar-refractivity contribution >= 4 is 38.6 Å². The first-order valence-electron chi connectivity index (χ1n) is 5.60. The summed E-state index contributed by atoms with van der Waals surface area (Å²) in [5.74, 6) is -0.733. The van der Waals surface area contributed by atoms with Gasteiger partial charge in [0.05, 0.1) is 5.69 Å². The van der Waals surface area contributed by atoms with E-state index < -0.39 is 15.8 Å². The van der Waals surface area contributed by atoms with Gasteiger partial charge in [-0.2, -0.15) is 0 Å². The smallest absolute Gasteiger partial charge is 0.263 e. The van der Waals surface area contributed by atoms with Crippen molar-refractivity contribution in [3.8, 4) is 0 Å². The first kappa shape index (κ1) is 15.2. The molecule has 1 aromatic heterocycles. The molecule has 4 nitrogen and oxygen atoms in total. The molecule has 20 heavy (non-hydrogen) atoms. The zero-order chi connectivity index (χ0) is 14.9. The number of thiophene rings is 1. The van der Waals surface area contributed by atoms with Crippen molar-refractivity contribution in [2.24, 2.45) is 5.73 Å². The standard InChI is InChI=1S/C12H12ClFN2O2S2/c1-7-6-19-11(5-15)12(7)20(17,18)16-10-3-2-8(13)4-9(10)14/h2-4,6,16H,5,15H2,1H3. The monoisotopic (exact) mass is 334 g/mol. The van der Waals surface area contributed by atoms with Crippen molar-refractivity contribution in [3.05, 3.63) is 44.9 Å². The van der Waals surface area contributed by atoms with Crippen LogP contribution in [-0.2, 0) is 16.6 Å². The molecule has 0 aliphatic rings. The summed E-state index contributed by atoms with van der Waals surface area (Å²) >= 11 is 6.89. The van der Waals surface area contributed by atoms with Crippen LogP contribution >= 0.6 is 22.9 Å². The SMILES string of the molecule is Cc1csc(CN)c1S(=O)(=O)Nc1ccc(Cl)cc1F. The number of rotatable bonds is 4. The van der Waals surface area contributed by atoms with Crippen LogP contribution in [0.25, 0.3) is 0 Å². The average molecular weight is 335 g/mol. The summed E-state index contributed by atoms with van der Waals surface area (Å²) < 4.78 is 40.6. The number of anilines is 1. The zero-order valence-corrected chi connectivity index (χ0v) is 12.9. The summed E-state index contributed by atoms with van der Waals surface area (Å²) in [6.07, 6.45) is 0. The molecule has 0 atom stereocenters. The Hall–Kier alpha value is -1.15. The number of hydrogen-bond donors (Lipinski definition) is 2. The minimum Gasteiger partial charge on any atom is -0.326 e. The Morgan fingerprint density at radius 3 is 2.75 bits per heavy atom. The molecule has 2 rings (SSSR count). The molecule has 0 saturated heterocycles. The number of nitrogens with one attached hydrogen (secondary N) is 1. The van der Waals surface area contributed by atoms with Crippen molar-refractivity contribution in [2.75, 3.05) is 4.72 Å². The van der Waals surface area contributed by atoms with Crippen LogP contribution in [0.1, 0.15) is 10.4 Å². The summed E-state index contributed by atoms with van der Waals surface area (Å²) in [4.78, 5) is 0.642. The van der Waals surface area contributed by atoms with E-state index in [1.807, 2.05) is 0 Å². The van der Waals surface area contributed by atoms with Crippen molar-refractivity contribution in [3.63, 3.8) is 0 Å². The second kappa shape index (κ2) is 5.69. The molecule has 8 heteroatoms. The minimum atomic E-state index is -3.88. The van der Waals surface area contributed by atoms with Gasteiger partial charge in [-0.3, -0.25) is 4.72 Å². The third-order valence-electron chi connectivity index (χ3n) is 2.62. The predicted molar refractivity (Wildman–Crippen MR) is 79.2 cm³/mol. The lowest BCUT2D eigenvalue weighted by Gasteiger charge is -2.10. The number of nitrogens with two attached hydrogens (primary N) is 1. The molecule has 0 amide bonds. The highest BCUT2D eigenvalue weighted by molar-refractivity contribution is 7.93. The van der Waals surface area contributed by atoms with Crippen LogP contribution < -0.4 is 10.5 Å². The number of halogens is 2. The lowest BCUT2D eigenvalue weighted by atomic mass is 10.3. The van der Waals surface area contributed by atoms with E-state index >= 15 is 0 Å². The Bertz CT molecular complexity index is 744. The molecule has 0 radical (unpaired) electrons. The van der Waals surface area contributed by atoms with Gasteiger partial charge in [0.1, 0.15) is 10.7 Å². The Balaban J connectivity index is 2.43. The van der Waals surface area contributed by atoms with E-state index in [4.69, 9.17) is 17.3 Å². The van der Waals surface area contributed by atoms with Gasteiger partial charge in [0.25, 0.3) is 10.0 Å². The first-order chi connectivity index (χ1) is 9.35. The van der Waals surface area contributed by atoms with Crippen molar-refractivity contribution in [1.29, 1.82) is 0 Å². The predicted octanol–water partition coefficient (Wildman–Crippen LogP) is 3.11. The lowest BCUT2D eigenvalue weighted by Crippen LogP contribution is -2.16. The summed E-state index contributed by atoms with van der Waals surface area (Å²) in [5, 5.41) is 1.90. The summed E-state index contributed by atoms with van der Waals surface area (Å²) in [6.45, 7) is 1.78. The molecule has 0 bridgehead atoms. The van der Waals surface area contributed by atoms with Crippen LogP contribution in [-0.4, -0.2) is 8.42 Å². The van der Waals surface area contributed by atoms with Gasteiger partial charge in [0, 0.05) is 16.4 Å². The van der Waals surface area contributed by atoms with E-state index in [9.17, 15) is 12.8 Å². The molecule has 2 aromatic rings. The van der Waals surface area contributed by atoms with Crippen LogP contribution in [0.3, 0.4) is 0 Å². The van der Waals surface area contributed by atoms with Gasteiger partial charge in [0.2, 0.25) is 0 Å². The quantitative estimate of drug-likeness (QED) is 0.902. The normalized spacial score (nSPS) is 11.6. The molecule has 108 valence electrons. The van der Waals surface area contributed by atoms with E-state index in [-0.39, 0.29) is 22.2 Å². The van der Waals surface area contributed by atoms with Gasteiger partial charge in [-0.1, -0.05) is 11.6 Å². The molecule has 0 fully saturated rings. The number of benzene rings is 1. The Morgan fingerprint density at radius 1 is 1.45 bits per heavy atom. The molecule has 0 aliphatic heterocycles. The zero-order valence-electron chi connectivity index (χ0n) is 10.5. The molecular weight excluding hydrogens is 323 g/mol. The van der Waals surface area contributed by atoms with E-state index in [2.05, 4.69) is 4.72 Å². The Labute approximate surface area is 125 Å². The molecular formula is C12H12ClFN2O2S2. The van der Waals surface area contributed by atoms with Gasteiger partial charge < -0.3 is 5.73 Å². The van der Waals surface area contributed by atoms with Gasteiger partial charge in [-0.05, 0) is 36.1 Å². The van der Waals surface area contributed by atoms with Crippen LogP contribution in [0.15, 0.2) is 28.5 Å². The molecule has 3 N–H and O–H groups in total. The molecule has 1 heterocycles. The first-order valence-corrected chi connectivity index (χ1v) is 8.34. The van der Waals surface area contributed by atoms with Crippen molar-refractivity contribution < 1.29 is 12.8 Å². The van der Waals surface area contributed by atoms with E-state index in [0.29, 0.717) is 10.4 Å². The minimum absolute atomic E-state index is 0.109. The number of hydrogen-bond acceptors (Lipinski definition) is 4. The lowest BCUT2D eigenvalue weighted by molar-refractivity contribution is 0.597. The van der Waals surface area contributed by atoms with Crippen LogP contribution in [0.2, 0.25) is 5.02 Å². The Kier molecular flexibility index (Phi) is 4.33. The molecule has 0 unspecified atom stereocenters. The summed E-state index contributed by atoms with van der Waals surface area (Å²) in [6, 6.07) is 3.73. The number of sulfonamides is 1. The highest BCUT2D eigenvalue weighted by atomic mass is 35.5. The van der Waals surface area contributed by atoms with E-state index in [1.54, 1.807) is 12.3 Å². The fourth-order valence-corrected chi connectivity index (χ4v) is 4.69. The van der Waals surface area contributed by atoms with Gasteiger partial charge in [0.15, 0.2) is 0 Å². The van der Waals surface area contributed by atoms with Gasteiger partial charge >= 0.3 is 0 Å². The van der Waals surface area contributed by atoms with Gasteiger partial charge in [-0.25, -0.2) is 12.8 Å². The maximum Gasteiger partial charge on any atom is 0.263 e.